The molecule has 4 N–H and O–H groups in total. The van der Waals surface area contributed by atoms with Crippen LogP contribution in [0, 0.1) is 19.8 Å². The van der Waals surface area contributed by atoms with Crippen LogP contribution in [0.4, 0.5) is 10.5 Å². The molecule has 2 aromatic carbocycles. The summed E-state index contributed by atoms with van der Waals surface area (Å²) in [5.41, 5.74) is 4.83. The number of nitrogens with one attached hydrogen (secondary N) is 3. The fourth-order valence-corrected chi connectivity index (χ4v) is 6.89. The number of aryl methyl sites for hydroxylation is 2. The largest absolute Gasteiger partial charge is 0.506 e. The van der Waals surface area contributed by atoms with Gasteiger partial charge in [0.2, 0.25) is 24.1 Å². The van der Waals surface area contributed by atoms with E-state index in [1.165, 1.54) is 6.08 Å². The number of carbonyl (C=O) groups is 6. The number of hydrogen-bond donors (Lipinski definition) is 4. The van der Waals surface area contributed by atoms with Crippen LogP contribution in [-0.4, -0.2) is 74.9 Å². The minimum atomic E-state index is -1.46. The molecule has 1 unspecified atom stereocenters. The number of unbranched alkanes of at least 4 members (excludes halogenated alkanes) is 2. The van der Waals surface area contributed by atoms with Gasteiger partial charge in [0.1, 0.15) is 12.6 Å². The molecule has 0 bridgehead atoms. The Hall–Kier alpha value is -6.38. The summed E-state index contributed by atoms with van der Waals surface area (Å²) < 4.78 is 6.28. The van der Waals surface area contributed by atoms with Gasteiger partial charge in [-0.15, -0.1) is 0 Å². The standard InChI is InChI=1S/C41H46N6O9.C2H6/c1-6-10-35(51)46(22-48)16-9-7-8-11-33(49)45-37(23(2)3)39(52)42-19-34(50)43-27-14-12-26-13-15-31-36(28(26)18-27)25(5)29-20-47-32(38(29)44-31)17-24(4)30(40(47)53)21-56-41(54)55;1-2/h6,10,12-15,17-18,22-23,37H,7-9,11,16,19-21H2,1-5H3,(H,42,52)(H,43,50)(H,45,49)(H,54,55);1-2H3/b10-6-;. The molecule has 58 heavy (non-hydrogen) atoms. The number of ether oxygens (including phenoxy) is 1. The second-order valence-electron chi connectivity index (χ2n) is 14.1. The first-order valence-corrected chi connectivity index (χ1v) is 19.4. The lowest BCUT2D eigenvalue weighted by atomic mass is 9.96. The number of rotatable bonds is 16. The minimum absolute atomic E-state index is 0.158. The Balaban J connectivity index is 0.00000366. The average Bonchev–Trinajstić information content (AvgIpc) is 3.56. The summed E-state index contributed by atoms with van der Waals surface area (Å²) in [6, 6.07) is 10.3. The van der Waals surface area contributed by atoms with Gasteiger partial charge in [-0.05, 0) is 91.8 Å². The number of allylic oxidation sites excluding steroid dienone is 1. The van der Waals surface area contributed by atoms with Gasteiger partial charge in [0, 0.05) is 29.6 Å². The molecule has 15 nitrogen and oxygen atoms in total. The number of fused-ring (bicyclic) bond motifs is 6. The number of hydrogen-bond acceptors (Lipinski definition) is 9. The molecule has 3 heterocycles. The molecule has 0 fully saturated rings. The monoisotopic (exact) mass is 796 g/mol. The molecule has 5 rings (SSSR count). The summed E-state index contributed by atoms with van der Waals surface area (Å²) >= 11 is 0. The van der Waals surface area contributed by atoms with Gasteiger partial charge in [-0.2, -0.15) is 0 Å². The molecule has 308 valence electrons. The van der Waals surface area contributed by atoms with Gasteiger partial charge in [0.05, 0.1) is 35.6 Å². The van der Waals surface area contributed by atoms with Crippen molar-refractivity contribution >= 4 is 63.6 Å². The number of carbonyl (C=O) groups excluding carboxylic acids is 5. The van der Waals surface area contributed by atoms with Crippen molar-refractivity contribution in [1.82, 2.24) is 25.1 Å². The van der Waals surface area contributed by atoms with Crippen LogP contribution in [0.25, 0.3) is 33.1 Å². The number of benzene rings is 2. The van der Waals surface area contributed by atoms with Crippen LogP contribution in [0.15, 0.2) is 53.3 Å². The zero-order chi connectivity index (χ0) is 42.7. The van der Waals surface area contributed by atoms with E-state index in [1.54, 1.807) is 44.4 Å². The number of amides is 5. The van der Waals surface area contributed by atoms with Gasteiger partial charge in [-0.3, -0.25) is 33.7 Å². The number of anilines is 1. The SMILES string of the molecule is C/C=C\C(=O)N(C=O)CCCCCC(=O)NC(C(=O)NCC(=O)Nc1ccc2ccc3nc4c(c(C)c3c2c1)Cn1c-4cc(C)c(COC(=O)O)c1=O)C(C)C.CC. The second kappa shape index (κ2) is 20.2. The van der Waals surface area contributed by atoms with Crippen molar-refractivity contribution in [3.8, 4) is 11.4 Å². The van der Waals surface area contributed by atoms with Crippen molar-refractivity contribution in [2.45, 2.75) is 93.3 Å². The highest BCUT2D eigenvalue weighted by Gasteiger charge is 2.28. The predicted octanol–water partition coefficient (Wildman–Crippen LogP) is 5.73. The third-order valence-electron chi connectivity index (χ3n) is 9.86. The first-order chi connectivity index (χ1) is 27.7. The lowest BCUT2D eigenvalue weighted by molar-refractivity contribution is -0.134. The van der Waals surface area contributed by atoms with E-state index in [-0.39, 0.29) is 55.6 Å². The van der Waals surface area contributed by atoms with E-state index in [0.717, 1.165) is 32.2 Å². The fourth-order valence-electron chi connectivity index (χ4n) is 6.89. The van der Waals surface area contributed by atoms with Gasteiger partial charge in [0.25, 0.3) is 11.5 Å². The van der Waals surface area contributed by atoms with Gasteiger partial charge in [-0.1, -0.05) is 52.3 Å². The molecule has 1 atom stereocenters. The van der Waals surface area contributed by atoms with Gasteiger partial charge in [0.15, 0.2) is 0 Å². The van der Waals surface area contributed by atoms with E-state index in [2.05, 4.69) is 16.0 Å². The molecule has 1 aliphatic rings. The van der Waals surface area contributed by atoms with Crippen LogP contribution in [0.2, 0.25) is 0 Å². The lowest BCUT2D eigenvalue weighted by Gasteiger charge is -2.21. The average molecular weight is 797 g/mol. The van der Waals surface area contributed by atoms with Crippen LogP contribution in [-0.2, 0) is 41.9 Å². The summed E-state index contributed by atoms with van der Waals surface area (Å²) in [7, 11) is 0. The lowest BCUT2D eigenvalue weighted by Crippen LogP contribution is -2.51. The Morgan fingerprint density at radius 1 is 1.02 bits per heavy atom. The molecule has 0 aliphatic carbocycles. The number of nitrogens with zero attached hydrogens (tertiary/aromatic N) is 3. The molecule has 0 saturated carbocycles. The molecular weight excluding hydrogens is 745 g/mol. The quantitative estimate of drug-likeness (QED) is 0.0314. The summed E-state index contributed by atoms with van der Waals surface area (Å²) in [6.45, 7) is 12.8. The zero-order valence-electron chi connectivity index (χ0n) is 34.1. The molecule has 2 aromatic heterocycles. The maximum atomic E-state index is 13.4. The molecule has 0 saturated heterocycles. The number of pyridine rings is 2. The first-order valence-electron chi connectivity index (χ1n) is 19.4. The highest BCUT2D eigenvalue weighted by atomic mass is 16.7. The molecule has 4 aromatic rings. The molecule has 0 radical (unpaired) electrons. The van der Waals surface area contributed by atoms with Crippen molar-refractivity contribution in [3.05, 3.63) is 81.2 Å². The van der Waals surface area contributed by atoms with Crippen molar-refractivity contribution in [1.29, 1.82) is 0 Å². The van der Waals surface area contributed by atoms with Crippen LogP contribution >= 0.6 is 0 Å². The highest BCUT2D eigenvalue weighted by Crippen LogP contribution is 2.38. The van der Waals surface area contributed by atoms with E-state index in [0.29, 0.717) is 53.8 Å². The van der Waals surface area contributed by atoms with E-state index >= 15 is 0 Å². The molecular formula is C43H52N6O9. The van der Waals surface area contributed by atoms with E-state index < -0.39 is 29.9 Å². The van der Waals surface area contributed by atoms with Crippen LogP contribution in [0.3, 0.4) is 0 Å². The van der Waals surface area contributed by atoms with Crippen molar-refractivity contribution < 1.29 is 38.6 Å². The Bertz CT molecular complexity index is 2310. The molecule has 1 aliphatic heterocycles. The fraction of sp³-hybridized carbons (Fsp3) is 0.395. The number of carboxylic acid groups (broad SMARTS) is 1. The van der Waals surface area contributed by atoms with Crippen molar-refractivity contribution in [2.75, 3.05) is 18.4 Å². The smallest absolute Gasteiger partial charge is 0.450 e. The second-order valence-corrected chi connectivity index (χ2v) is 14.1. The zero-order valence-corrected chi connectivity index (χ0v) is 34.1. The van der Waals surface area contributed by atoms with Crippen molar-refractivity contribution in [3.63, 3.8) is 0 Å². The summed E-state index contributed by atoms with van der Waals surface area (Å²) in [6.07, 6.45) is 3.70. The Morgan fingerprint density at radius 3 is 2.41 bits per heavy atom. The van der Waals surface area contributed by atoms with E-state index in [4.69, 9.17) is 14.8 Å². The minimum Gasteiger partial charge on any atom is -0.450 e. The molecule has 15 heteroatoms. The van der Waals surface area contributed by atoms with Gasteiger partial charge < -0.3 is 30.4 Å². The normalized spacial score (nSPS) is 12.0. The summed E-state index contributed by atoms with van der Waals surface area (Å²) in [4.78, 5) is 92.3. The topological polar surface area (TPSA) is 206 Å². The Kier molecular flexibility index (Phi) is 15.4. The van der Waals surface area contributed by atoms with Crippen LogP contribution < -0.4 is 21.5 Å². The van der Waals surface area contributed by atoms with E-state index in [1.807, 2.05) is 51.1 Å². The third kappa shape index (κ3) is 10.3. The first kappa shape index (κ1) is 44.3. The molecule has 5 amide bonds. The number of aromatic nitrogens is 2. The maximum absolute atomic E-state index is 13.4. The summed E-state index contributed by atoms with van der Waals surface area (Å²) in [5.74, 6) is -1.93. The van der Waals surface area contributed by atoms with Crippen molar-refractivity contribution in [2.24, 2.45) is 5.92 Å². The van der Waals surface area contributed by atoms with Crippen LogP contribution in [0.5, 0.6) is 0 Å². The summed E-state index contributed by atoms with van der Waals surface area (Å²) in [5, 5.41) is 19.8. The van der Waals surface area contributed by atoms with E-state index in [9.17, 15) is 33.6 Å². The van der Waals surface area contributed by atoms with Gasteiger partial charge >= 0.3 is 6.16 Å². The number of imide groups is 1. The molecule has 0 spiro atoms. The highest BCUT2D eigenvalue weighted by molar-refractivity contribution is 6.11. The predicted molar refractivity (Wildman–Crippen MR) is 221 cm³/mol. The maximum Gasteiger partial charge on any atom is 0.506 e. The van der Waals surface area contributed by atoms with Gasteiger partial charge in [-0.25, -0.2) is 9.78 Å². The third-order valence-corrected chi connectivity index (χ3v) is 9.86. The Morgan fingerprint density at radius 2 is 1.74 bits per heavy atom. The van der Waals surface area contributed by atoms with Crippen LogP contribution in [0.1, 0.15) is 82.6 Å². The Labute approximate surface area is 336 Å².